The molecule has 0 saturated heterocycles. The Labute approximate surface area is 112 Å². The van der Waals surface area contributed by atoms with Crippen molar-refractivity contribution in [1.29, 1.82) is 0 Å². The van der Waals surface area contributed by atoms with Gasteiger partial charge in [0.1, 0.15) is 5.75 Å². The molecule has 2 aromatic carbocycles. The zero-order valence-electron chi connectivity index (χ0n) is 11.0. The molecule has 0 heterocycles. The second-order valence-electron chi connectivity index (χ2n) is 4.57. The first-order chi connectivity index (χ1) is 9.06. The van der Waals surface area contributed by atoms with Crippen molar-refractivity contribution in [3.63, 3.8) is 0 Å². The van der Waals surface area contributed by atoms with E-state index in [1.54, 1.807) is 24.3 Å². The van der Waals surface area contributed by atoms with Gasteiger partial charge in [0.05, 0.1) is 0 Å². The van der Waals surface area contributed by atoms with E-state index in [0.29, 0.717) is 11.3 Å². The molecule has 3 nitrogen and oxygen atoms in total. The molecule has 0 saturated carbocycles. The molecule has 1 N–H and O–H groups in total. The van der Waals surface area contributed by atoms with E-state index in [2.05, 4.69) is 0 Å². The van der Waals surface area contributed by atoms with Crippen molar-refractivity contribution in [3.8, 4) is 5.75 Å². The Hall–Kier alpha value is -2.29. The number of carboxylic acid groups (broad SMARTS) is 1. The maximum atomic E-state index is 11.3. The van der Waals surface area contributed by atoms with Crippen LogP contribution < -0.4 is 4.74 Å². The van der Waals surface area contributed by atoms with E-state index in [9.17, 15) is 9.90 Å². The molecule has 19 heavy (non-hydrogen) atoms. The van der Waals surface area contributed by atoms with E-state index >= 15 is 0 Å². The van der Waals surface area contributed by atoms with Crippen LogP contribution in [0.1, 0.15) is 22.8 Å². The van der Waals surface area contributed by atoms with Crippen LogP contribution in [0.4, 0.5) is 0 Å². The smallest absolute Gasteiger partial charge is 0.349 e. The highest BCUT2D eigenvalue weighted by atomic mass is 16.5. The molecule has 0 spiro atoms. The van der Waals surface area contributed by atoms with Crippen molar-refractivity contribution < 1.29 is 14.6 Å². The summed E-state index contributed by atoms with van der Waals surface area (Å²) in [7, 11) is 0. The van der Waals surface area contributed by atoms with Crippen LogP contribution in [0.5, 0.6) is 5.75 Å². The van der Waals surface area contributed by atoms with Gasteiger partial charge in [0.2, 0.25) is 6.10 Å². The molecule has 0 aliphatic rings. The largest absolute Gasteiger partial charge is 0.478 e. The van der Waals surface area contributed by atoms with Gasteiger partial charge < -0.3 is 9.84 Å². The van der Waals surface area contributed by atoms with Crippen molar-refractivity contribution in [2.45, 2.75) is 20.0 Å². The van der Waals surface area contributed by atoms with E-state index in [4.69, 9.17) is 4.74 Å². The fourth-order valence-electron chi connectivity index (χ4n) is 2.03. The Morgan fingerprint density at radius 2 is 1.63 bits per heavy atom. The number of aliphatic carboxylic acids is 1. The predicted octanol–water partition coefficient (Wildman–Crippen LogP) is 3.51. The summed E-state index contributed by atoms with van der Waals surface area (Å²) in [5, 5.41) is 9.30. The zero-order valence-corrected chi connectivity index (χ0v) is 11.0. The van der Waals surface area contributed by atoms with Gasteiger partial charge >= 0.3 is 5.97 Å². The Balaban J connectivity index is 2.29. The number of benzene rings is 2. The molecule has 98 valence electrons. The lowest BCUT2D eigenvalue weighted by atomic mass is 10.1. The summed E-state index contributed by atoms with van der Waals surface area (Å²) < 4.78 is 5.62. The first-order valence-corrected chi connectivity index (χ1v) is 6.09. The summed E-state index contributed by atoms with van der Waals surface area (Å²) in [6.45, 7) is 3.91. The Morgan fingerprint density at radius 3 is 2.16 bits per heavy atom. The molecule has 1 atom stereocenters. The SMILES string of the molecule is Cc1cc(C)cc(OC(C(=O)O)c2ccccc2)c1. The average molecular weight is 256 g/mol. The lowest BCUT2D eigenvalue weighted by Gasteiger charge is -2.16. The molecule has 0 fully saturated rings. The van der Waals surface area contributed by atoms with Gasteiger partial charge in [-0.1, -0.05) is 36.4 Å². The second-order valence-corrected chi connectivity index (χ2v) is 4.57. The van der Waals surface area contributed by atoms with E-state index in [1.165, 1.54) is 0 Å². The fraction of sp³-hybridized carbons (Fsp3) is 0.188. The first kappa shape index (κ1) is 13.1. The predicted molar refractivity (Wildman–Crippen MR) is 73.4 cm³/mol. The lowest BCUT2D eigenvalue weighted by Crippen LogP contribution is -2.18. The van der Waals surface area contributed by atoms with Crippen LogP contribution in [0.3, 0.4) is 0 Å². The second kappa shape index (κ2) is 5.57. The molecule has 0 amide bonds. The number of ether oxygens (including phenoxy) is 1. The van der Waals surface area contributed by atoms with Crippen molar-refractivity contribution in [2.24, 2.45) is 0 Å². The van der Waals surface area contributed by atoms with Crippen LogP contribution in [0.2, 0.25) is 0 Å². The summed E-state index contributed by atoms with van der Waals surface area (Å²) in [6.07, 6.45) is -0.984. The fourth-order valence-corrected chi connectivity index (χ4v) is 2.03. The average Bonchev–Trinajstić information content (AvgIpc) is 2.35. The maximum absolute atomic E-state index is 11.3. The molecular weight excluding hydrogens is 240 g/mol. The third kappa shape index (κ3) is 3.35. The van der Waals surface area contributed by atoms with Crippen LogP contribution in [0, 0.1) is 13.8 Å². The van der Waals surface area contributed by atoms with E-state index in [0.717, 1.165) is 11.1 Å². The molecule has 1 unspecified atom stereocenters. The standard InChI is InChI=1S/C16H16O3/c1-11-8-12(2)10-14(9-11)19-15(16(17)18)13-6-4-3-5-7-13/h3-10,15H,1-2H3,(H,17,18). The number of aryl methyl sites for hydroxylation is 2. The van der Waals surface area contributed by atoms with Gasteiger partial charge in [-0.25, -0.2) is 4.79 Å². The minimum Gasteiger partial charge on any atom is -0.478 e. The zero-order chi connectivity index (χ0) is 13.8. The number of carboxylic acids is 1. The highest BCUT2D eigenvalue weighted by Crippen LogP contribution is 2.24. The van der Waals surface area contributed by atoms with Crippen molar-refractivity contribution in [3.05, 3.63) is 65.2 Å². The van der Waals surface area contributed by atoms with Crippen molar-refractivity contribution >= 4 is 5.97 Å². The van der Waals surface area contributed by atoms with E-state index in [1.807, 2.05) is 38.1 Å². The van der Waals surface area contributed by atoms with Gasteiger partial charge in [-0.15, -0.1) is 0 Å². The number of carbonyl (C=O) groups is 1. The van der Waals surface area contributed by atoms with Crippen LogP contribution in [-0.2, 0) is 4.79 Å². The topological polar surface area (TPSA) is 46.5 Å². The van der Waals surface area contributed by atoms with Gasteiger partial charge in [0.25, 0.3) is 0 Å². The quantitative estimate of drug-likeness (QED) is 0.910. The summed E-state index contributed by atoms with van der Waals surface area (Å²) >= 11 is 0. The molecule has 0 aliphatic carbocycles. The third-order valence-corrected chi connectivity index (χ3v) is 2.78. The monoisotopic (exact) mass is 256 g/mol. The Bertz CT molecular complexity index is 556. The Kier molecular flexibility index (Phi) is 3.85. The Morgan fingerprint density at radius 1 is 1.05 bits per heavy atom. The molecule has 0 radical (unpaired) electrons. The first-order valence-electron chi connectivity index (χ1n) is 6.09. The molecular formula is C16H16O3. The number of hydrogen-bond donors (Lipinski definition) is 1. The van der Waals surface area contributed by atoms with Crippen LogP contribution in [0.25, 0.3) is 0 Å². The van der Waals surface area contributed by atoms with Gasteiger partial charge in [0.15, 0.2) is 0 Å². The van der Waals surface area contributed by atoms with E-state index < -0.39 is 12.1 Å². The summed E-state index contributed by atoms with van der Waals surface area (Å²) in [5.74, 6) is -0.417. The molecule has 2 aromatic rings. The third-order valence-electron chi connectivity index (χ3n) is 2.78. The van der Waals surface area contributed by atoms with Crippen LogP contribution >= 0.6 is 0 Å². The molecule has 0 bridgehead atoms. The molecule has 2 rings (SSSR count). The van der Waals surface area contributed by atoms with Crippen molar-refractivity contribution in [1.82, 2.24) is 0 Å². The van der Waals surface area contributed by atoms with Gasteiger partial charge in [0, 0.05) is 5.56 Å². The van der Waals surface area contributed by atoms with Crippen LogP contribution in [-0.4, -0.2) is 11.1 Å². The summed E-state index contributed by atoms with van der Waals surface area (Å²) in [5.41, 5.74) is 2.73. The number of hydrogen-bond acceptors (Lipinski definition) is 2. The van der Waals surface area contributed by atoms with E-state index in [-0.39, 0.29) is 0 Å². The maximum Gasteiger partial charge on any atom is 0.349 e. The van der Waals surface area contributed by atoms with Gasteiger partial charge in [-0.3, -0.25) is 0 Å². The van der Waals surface area contributed by atoms with Crippen LogP contribution in [0.15, 0.2) is 48.5 Å². The summed E-state index contributed by atoms with van der Waals surface area (Å²) in [6, 6.07) is 14.7. The van der Waals surface area contributed by atoms with Gasteiger partial charge in [-0.2, -0.15) is 0 Å². The molecule has 0 aromatic heterocycles. The minimum absolute atomic E-state index is 0.578. The van der Waals surface area contributed by atoms with Crippen molar-refractivity contribution in [2.75, 3.05) is 0 Å². The van der Waals surface area contributed by atoms with Gasteiger partial charge in [-0.05, 0) is 37.1 Å². The summed E-state index contributed by atoms with van der Waals surface area (Å²) in [4.78, 5) is 11.3. The molecule has 3 heteroatoms. The highest BCUT2D eigenvalue weighted by molar-refractivity contribution is 5.74. The lowest BCUT2D eigenvalue weighted by molar-refractivity contribution is -0.145. The minimum atomic E-state index is -0.995. The normalized spacial score (nSPS) is 11.9. The number of rotatable bonds is 4. The molecule has 0 aliphatic heterocycles. The highest BCUT2D eigenvalue weighted by Gasteiger charge is 2.21.